The van der Waals surface area contributed by atoms with E-state index in [2.05, 4.69) is 4.98 Å². The molecule has 2 bridgehead atoms. The van der Waals surface area contributed by atoms with Crippen molar-refractivity contribution < 1.29 is 19.4 Å². The third kappa shape index (κ3) is 1.84. The van der Waals surface area contributed by atoms with Crippen molar-refractivity contribution in [1.82, 2.24) is 9.88 Å². The van der Waals surface area contributed by atoms with E-state index in [1.54, 1.807) is 29.5 Å². The zero-order valence-electron chi connectivity index (χ0n) is 11.4. The minimum Gasteiger partial charge on any atom is -0.479 e. The van der Waals surface area contributed by atoms with E-state index in [9.17, 15) is 9.59 Å². The number of thiazole rings is 1. The van der Waals surface area contributed by atoms with E-state index in [1.165, 1.54) is 0 Å². The Morgan fingerprint density at radius 1 is 1.55 bits per heavy atom. The molecular weight excluding hydrogens is 280 g/mol. The van der Waals surface area contributed by atoms with Gasteiger partial charge >= 0.3 is 5.97 Å². The largest absolute Gasteiger partial charge is 0.479 e. The standard InChI is InChI=1S/C13H16N2O4S/c1-8-14-3-9(20-8)4-15(2)10(16)12-5-13(6-12,11(17)18)19-7-12/h3H,4-7H2,1-2H3,(H,17,18). The van der Waals surface area contributed by atoms with Crippen LogP contribution in [-0.2, 0) is 20.9 Å². The predicted octanol–water partition coefficient (Wildman–Crippen LogP) is 1.04. The molecule has 0 radical (unpaired) electrons. The van der Waals surface area contributed by atoms with E-state index < -0.39 is 17.0 Å². The first-order valence-electron chi connectivity index (χ1n) is 6.41. The highest BCUT2D eigenvalue weighted by Crippen LogP contribution is 2.58. The fraction of sp³-hybridized carbons (Fsp3) is 0.615. The predicted molar refractivity (Wildman–Crippen MR) is 71.3 cm³/mol. The topological polar surface area (TPSA) is 79.7 Å². The van der Waals surface area contributed by atoms with Crippen LogP contribution in [0, 0.1) is 12.3 Å². The Kier molecular flexibility index (Phi) is 2.88. The zero-order valence-corrected chi connectivity index (χ0v) is 12.2. The second-order valence-corrected chi connectivity index (χ2v) is 7.05. The fourth-order valence-electron chi connectivity index (χ4n) is 3.14. The average Bonchev–Trinajstić information content (AvgIpc) is 3.01. The number of hydrogen-bond donors (Lipinski definition) is 1. The molecule has 0 spiro atoms. The summed E-state index contributed by atoms with van der Waals surface area (Å²) >= 11 is 1.56. The van der Waals surface area contributed by atoms with Crippen LogP contribution in [0.4, 0.5) is 0 Å². The molecule has 3 heterocycles. The van der Waals surface area contributed by atoms with E-state index in [4.69, 9.17) is 9.84 Å². The maximum atomic E-state index is 12.5. The van der Waals surface area contributed by atoms with Gasteiger partial charge in [-0.15, -0.1) is 11.3 Å². The van der Waals surface area contributed by atoms with E-state index in [1.807, 2.05) is 6.92 Å². The Morgan fingerprint density at radius 2 is 2.25 bits per heavy atom. The number of hydrogen-bond acceptors (Lipinski definition) is 5. The lowest BCUT2D eigenvalue weighted by atomic mass is 9.61. The number of nitrogens with zero attached hydrogens (tertiary/aromatic N) is 2. The van der Waals surface area contributed by atoms with Gasteiger partial charge in [0.1, 0.15) is 0 Å². The number of aromatic nitrogens is 1. The number of fused-ring (bicyclic) bond motifs is 1. The van der Waals surface area contributed by atoms with Gasteiger partial charge in [0.25, 0.3) is 0 Å². The summed E-state index contributed by atoms with van der Waals surface area (Å²) in [5.74, 6) is -0.989. The molecule has 1 amide bonds. The molecule has 20 heavy (non-hydrogen) atoms. The van der Waals surface area contributed by atoms with E-state index in [0.29, 0.717) is 19.4 Å². The van der Waals surface area contributed by atoms with Crippen LogP contribution in [0.5, 0.6) is 0 Å². The third-order valence-corrected chi connectivity index (χ3v) is 5.02. The smallest absolute Gasteiger partial charge is 0.336 e. The van der Waals surface area contributed by atoms with Gasteiger partial charge in [0.15, 0.2) is 5.60 Å². The Balaban J connectivity index is 1.67. The van der Waals surface area contributed by atoms with Crippen LogP contribution in [0.15, 0.2) is 6.20 Å². The molecule has 6 nitrogen and oxygen atoms in total. The lowest BCUT2D eigenvalue weighted by molar-refractivity contribution is -0.167. The molecule has 0 aromatic carbocycles. The third-order valence-electron chi connectivity index (χ3n) is 4.12. The molecule has 3 fully saturated rings. The summed E-state index contributed by atoms with van der Waals surface area (Å²) in [7, 11) is 1.74. The van der Waals surface area contributed by atoms with Crippen molar-refractivity contribution in [1.29, 1.82) is 0 Å². The number of ether oxygens (including phenoxy) is 1. The summed E-state index contributed by atoms with van der Waals surface area (Å²) in [6.07, 6.45) is 2.36. The first-order valence-corrected chi connectivity index (χ1v) is 7.23. The molecule has 7 heteroatoms. The Morgan fingerprint density at radius 3 is 2.75 bits per heavy atom. The van der Waals surface area contributed by atoms with Crippen molar-refractivity contribution >= 4 is 23.2 Å². The molecule has 2 aliphatic heterocycles. The lowest BCUT2D eigenvalue weighted by Gasteiger charge is -2.41. The van der Waals surface area contributed by atoms with Crippen LogP contribution >= 0.6 is 11.3 Å². The monoisotopic (exact) mass is 296 g/mol. The number of carboxylic acid groups (broad SMARTS) is 1. The first-order chi connectivity index (χ1) is 9.37. The quantitative estimate of drug-likeness (QED) is 0.898. The number of carbonyl (C=O) groups is 2. The van der Waals surface area contributed by atoms with Gasteiger partial charge in [-0.3, -0.25) is 4.79 Å². The maximum Gasteiger partial charge on any atom is 0.336 e. The number of aliphatic carboxylic acids is 1. The highest BCUT2D eigenvalue weighted by molar-refractivity contribution is 7.11. The first kappa shape index (κ1) is 13.5. The van der Waals surface area contributed by atoms with Gasteiger partial charge in [-0.2, -0.15) is 0 Å². The second-order valence-electron chi connectivity index (χ2n) is 5.73. The van der Waals surface area contributed by atoms with Gasteiger partial charge in [-0.05, 0) is 6.92 Å². The van der Waals surface area contributed by atoms with Gasteiger partial charge in [0.05, 0.1) is 23.6 Å². The molecule has 1 saturated carbocycles. The van der Waals surface area contributed by atoms with Crippen molar-refractivity contribution in [2.45, 2.75) is 31.9 Å². The molecule has 1 aromatic heterocycles. The minimum absolute atomic E-state index is 0.0297. The van der Waals surface area contributed by atoms with E-state index in [0.717, 1.165) is 9.88 Å². The number of carbonyl (C=O) groups excluding carboxylic acids is 1. The summed E-state index contributed by atoms with van der Waals surface area (Å²) in [5.41, 5.74) is -1.75. The number of aryl methyl sites for hydroxylation is 1. The van der Waals surface area contributed by atoms with Crippen molar-refractivity contribution in [3.05, 3.63) is 16.1 Å². The van der Waals surface area contributed by atoms with Crippen LogP contribution < -0.4 is 0 Å². The maximum absolute atomic E-state index is 12.5. The lowest BCUT2D eigenvalue weighted by Crippen LogP contribution is -2.56. The van der Waals surface area contributed by atoms with Gasteiger partial charge in [0.2, 0.25) is 5.91 Å². The van der Waals surface area contributed by atoms with Gasteiger partial charge in [0, 0.05) is 31.0 Å². The van der Waals surface area contributed by atoms with Gasteiger partial charge in [-0.25, -0.2) is 9.78 Å². The van der Waals surface area contributed by atoms with Crippen molar-refractivity contribution in [2.24, 2.45) is 5.41 Å². The number of amides is 1. The highest BCUT2D eigenvalue weighted by atomic mass is 32.1. The highest BCUT2D eigenvalue weighted by Gasteiger charge is 2.70. The summed E-state index contributed by atoms with van der Waals surface area (Å²) in [6.45, 7) is 2.64. The molecule has 2 saturated heterocycles. The fourth-order valence-corrected chi connectivity index (χ4v) is 3.99. The van der Waals surface area contributed by atoms with Crippen molar-refractivity contribution in [3.8, 4) is 0 Å². The molecule has 108 valence electrons. The number of carboxylic acids is 1. The minimum atomic E-state index is -1.11. The number of rotatable bonds is 4. The summed E-state index contributed by atoms with van der Waals surface area (Å²) in [6, 6.07) is 0. The van der Waals surface area contributed by atoms with Crippen LogP contribution in [0.1, 0.15) is 22.7 Å². The summed E-state index contributed by atoms with van der Waals surface area (Å²) in [4.78, 5) is 30.5. The van der Waals surface area contributed by atoms with Gasteiger partial charge in [-0.1, -0.05) is 0 Å². The van der Waals surface area contributed by atoms with Crippen molar-refractivity contribution in [3.63, 3.8) is 0 Å². The molecule has 0 atom stereocenters. The Labute approximate surface area is 120 Å². The summed E-state index contributed by atoms with van der Waals surface area (Å²) in [5, 5.41) is 10.1. The van der Waals surface area contributed by atoms with Crippen LogP contribution in [0.2, 0.25) is 0 Å². The normalized spacial score (nSPS) is 30.9. The Bertz CT molecular complexity index is 577. The van der Waals surface area contributed by atoms with Gasteiger partial charge < -0.3 is 14.7 Å². The molecule has 0 unspecified atom stereocenters. The molecular formula is C13H16N2O4S. The van der Waals surface area contributed by atoms with E-state index >= 15 is 0 Å². The molecule has 3 aliphatic rings. The zero-order chi connectivity index (χ0) is 14.5. The SMILES string of the molecule is Cc1ncc(CN(C)C(=O)C23COC(C(=O)O)(C2)C3)s1. The van der Waals surface area contributed by atoms with Crippen LogP contribution in [0.25, 0.3) is 0 Å². The second kappa shape index (κ2) is 4.26. The average molecular weight is 296 g/mol. The van der Waals surface area contributed by atoms with Crippen LogP contribution in [-0.4, -0.2) is 46.1 Å². The molecule has 1 N–H and O–H groups in total. The van der Waals surface area contributed by atoms with Crippen LogP contribution in [0.3, 0.4) is 0 Å². The van der Waals surface area contributed by atoms with E-state index in [-0.39, 0.29) is 12.5 Å². The van der Waals surface area contributed by atoms with Crippen molar-refractivity contribution in [2.75, 3.05) is 13.7 Å². The Hall–Kier alpha value is -1.47. The molecule has 4 rings (SSSR count). The molecule has 1 aromatic rings. The molecule has 1 aliphatic carbocycles. The summed E-state index contributed by atoms with van der Waals surface area (Å²) < 4.78 is 5.35.